The van der Waals surface area contributed by atoms with Gasteiger partial charge in [-0.05, 0) is 25.8 Å². The highest BCUT2D eigenvalue weighted by Gasteiger charge is 1.96. The zero-order chi connectivity index (χ0) is 26.2. The number of carbonyl (C=O) groups is 1. The molecule has 0 fully saturated rings. The molecule has 0 N–H and O–H groups in total. The van der Waals surface area contributed by atoms with Crippen molar-refractivity contribution in [2.75, 3.05) is 0 Å². The van der Waals surface area contributed by atoms with Crippen LogP contribution < -0.4 is 0 Å². The summed E-state index contributed by atoms with van der Waals surface area (Å²) in [6, 6.07) is 0. The second kappa shape index (κ2) is 32.4. The molecule has 0 aliphatic rings. The van der Waals surface area contributed by atoms with E-state index in [2.05, 4.69) is 6.92 Å². The van der Waals surface area contributed by atoms with Crippen molar-refractivity contribution in [2.45, 2.75) is 206 Å². The van der Waals surface area contributed by atoms with E-state index < -0.39 is 0 Å². The van der Waals surface area contributed by atoms with Gasteiger partial charge >= 0.3 is 0 Å². The van der Waals surface area contributed by atoms with Crippen LogP contribution in [0.25, 0.3) is 0 Å². The second-order valence-corrected chi connectivity index (χ2v) is 11.7. The Morgan fingerprint density at radius 3 is 0.833 bits per heavy atom. The molecule has 0 heterocycles. The molecule has 36 heavy (non-hydrogen) atoms. The molecular weight excluding hydrogens is 436 g/mol. The van der Waals surface area contributed by atoms with Gasteiger partial charge in [0.2, 0.25) is 0 Å². The average Bonchev–Trinajstić information content (AvgIpc) is 2.87. The minimum absolute atomic E-state index is 0.172. The largest absolute Gasteiger partial charge is 0.295 e. The minimum Gasteiger partial charge on any atom is -0.295 e. The van der Waals surface area contributed by atoms with Gasteiger partial charge in [0.25, 0.3) is 0 Å². The molecule has 1 heteroatoms. The van der Waals surface area contributed by atoms with Gasteiger partial charge in [-0.25, -0.2) is 0 Å². The summed E-state index contributed by atoms with van der Waals surface area (Å²) in [6.07, 6.45) is 46.7. The molecule has 0 bridgehead atoms. The fraction of sp³-hybridized carbons (Fsp3) is 0.914. The molecule has 0 spiro atoms. The van der Waals surface area contributed by atoms with Crippen molar-refractivity contribution in [3.63, 3.8) is 0 Å². The SMILES string of the molecule is CCCCCCCCCCCCCCCCCCCCCCCCCCCCCCCC=CC(C)=O. The summed E-state index contributed by atoms with van der Waals surface area (Å²) in [5.74, 6) is 0.172. The summed E-state index contributed by atoms with van der Waals surface area (Å²) >= 11 is 0. The normalized spacial score (nSPS) is 11.6. The molecule has 0 atom stereocenters. The fourth-order valence-corrected chi connectivity index (χ4v) is 5.36. The quantitative estimate of drug-likeness (QED) is 0.0677. The van der Waals surface area contributed by atoms with Gasteiger partial charge < -0.3 is 0 Å². The molecule has 0 aromatic rings. The maximum Gasteiger partial charge on any atom is 0.152 e. The molecule has 214 valence electrons. The molecule has 0 aromatic heterocycles. The van der Waals surface area contributed by atoms with Crippen molar-refractivity contribution >= 4 is 5.78 Å². The van der Waals surface area contributed by atoms with E-state index in [1.807, 2.05) is 6.08 Å². The van der Waals surface area contributed by atoms with Gasteiger partial charge in [0.15, 0.2) is 5.78 Å². The number of allylic oxidation sites excluding steroid dienone is 2. The summed E-state index contributed by atoms with van der Waals surface area (Å²) in [5, 5.41) is 0. The van der Waals surface area contributed by atoms with E-state index in [0.29, 0.717) is 0 Å². The van der Waals surface area contributed by atoms with Crippen LogP contribution >= 0.6 is 0 Å². The molecule has 0 rings (SSSR count). The number of carbonyl (C=O) groups excluding carboxylic acids is 1. The van der Waals surface area contributed by atoms with Crippen molar-refractivity contribution in [1.82, 2.24) is 0 Å². The van der Waals surface area contributed by atoms with E-state index in [-0.39, 0.29) is 5.78 Å². The first-order valence-electron chi connectivity index (χ1n) is 16.9. The summed E-state index contributed by atoms with van der Waals surface area (Å²) in [4.78, 5) is 10.8. The van der Waals surface area contributed by atoms with Crippen LogP contribution in [-0.2, 0) is 4.79 Å². The molecule has 0 aromatic carbocycles. The van der Waals surface area contributed by atoms with Crippen LogP contribution in [0.15, 0.2) is 12.2 Å². The minimum atomic E-state index is 0.172. The molecule has 0 unspecified atom stereocenters. The molecule has 0 radical (unpaired) electrons. The Bertz CT molecular complexity index is 438. The van der Waals surface area contributed by atoms with Gasteiger partial charge in [0.1, 0.15) is 0 Å². The lowest BCUT2D eigenvalue weighted by Gasteiger charge is -2.04. The summed E-state index contributed by atoms with van der Waals surface area (Å²) in [5.41, 5.74) is 0. The first-order valence-corrected chi connectivity index (χ1v) is 16.9. The maximum absolute atomic E-state index is 10.8. The number of rotatable bonds is 31. The van der Waals surface area contributed by atoms with Crippen molar-refractivity contribution in [3.8, 4) is 0 Å². The predicted molar refractivity (Wildman–Crippen MR) is 164 cm³/mol. The molecular formula is C35H68O. The van der Waals surface area contributed by atoms with E-state index in [1.54, 1.807) is 13.0 Å². The van der Waals surface area contributed by atoms with Crippen LogP contribution in [0.3, 0.4) is 0 Å². The summed E-state index contributed by atoms with van der Waals surface area (Å²) in [6.45, 7) is 3.93. The van der Waals surface area contributed by atoms with E-state index in [9.17, 15) is 4.79 Å². The van der Waals surface area contributed by atoms with Gasteiger partial charge in [-0.1, -0.05) is 193 Å². The Labute approximate surface area is 229 Å². The lowest BCUT2D eigenvalue weighted by Crippen LogP contribution is -1.85. The molecule has 0 amide bonds. The van der Waals surface area contributed by atoms with E-state index in [1.165, 1.54) is 186 Å². The van der Waals surface area contributed by atoms with E-state index >= 15 is 0 Å². The summed E-state index contributed by atoms with van der Waals surface area (Å²) in [7, 11) is 0. The highest BCUT2D eigenvalue weighted by Crippen LogP contribution is 2.16. The Hall–Kier alpha value is -0.590. The van der Waals surface area contributed by atoms with Crippen LogP contribution in [-0.4, -0.2) is 5.78 Å². The molecule has 0 aliphatic carbocycles. The lowest BCUT2D eigenvalue weighted by atomic mass is 10.0. The van der Waals surface area contributed by atoms with Gasteiger partial charge in [-0.2, -0.15) is 0 Å². The fourth-order valence-electron chi connectivity index (χ4n) is 5.36. The van der Waals surface area contributed by atoms with Crippen LogP contribution in [0.5, 0.6) is 0 Å². The highest BCUT2D eigenvalue weighted by atomic mass is 16.1. The highest BCUT2D eigenvalue weighted by molar-refractivity contribution is 5.87. The van der Waals surface area contributed by atoms with Crippen molar-refractivity contribution in [1.29, 1.82) is 0 Å². The Morgan fingerprint density at radius 1 is 0.389 bits per heavy atom. The van der Waals surface area contributed by atoms with Crippen LogP contribution in [0.2, 0.25) is 0 Å². The van der Waals surface area contributed by atoms with Gasteiger partial charge in [0, 0.05) is 0 Å². The van der Waals surface area contributed by atoms with Crippen molar-refractivity contribution in [2.24, 2.45) is 0 Å². The average molecular weight is 505 g/mol. The monoisotopic (exact) mass is 505 g/mol. The summed E-state index contributed by atoms with van der Waals surface area (Å²) < 4.78 is 0. The number of unbranched alkanes of at least 4 members (excludes halogenated alkanes) is 29. The van der Waals surface area contributed by atoms with Crippen molar-refractivity contribution in [3.05, 3.63) is 12.2 Å². The van der Waals surface area contributed by atoms with E-state index in [0.717, 1.165) is 6.42 Å². The number of hydrogen-bond acceptors (Lipinski definition) is 1. The lowest BCUT2D eigenvalue weighted by molar-refractivity contribution is -0.112. The number of hydrogen-bond donors (Lipinski definition) is 0. The zero-order valence-electron chi connectivity index (χ0n) is 25.3. The molecule has 0 aliphatic heterocycles. The standard InChI is InChI=1S/C35H68O/c1-3-4-5-6-7-8-9-10-11-12-13-14-15-16-17-18-19-20-21-22-23-24-25-26-27-28-29-30-31-32-33-34-35(2)36/h33-34H,3-32H2,1-2H3. The molecule has 0 saturated carbocycles. The van der Waals surface area contributed by atoms with Crippen LogP contribution in [0.4, 0.5) is 0 Å². The van der Waals surface area contributed by atoms with Gasteiger partial charge in [-0.15, -0.1) is 0 Å². The van der Waals surface area contributed by atoms with Crippen LogP contribution in [0, 0.1) is 0 Å². The Morgan fingerprint density at radius 2 is 0.611 bits per heavy atom. The number of ketones is 1. The second-order valence-electron chi connectivity index (χ2n) is 11.7. The Kier molecular flexibility index (Phi) is 31.9. The molecule has 0 saturated heterocycles. The van der Waals surface area contributed by atoms with Gasteiger partial charge in [-0.3, -0.25) is 4.79 Å². The third kappa shape index (κ3) is 33.4. The zero-order valence-corrected chi connectivity index (χ0v) is 25.3. The molecule has 1 nitrogen and oxygen atoms in total. The van der Waals surface area contributed by atoms with E-state index in [4.69, 9.17) is 0 Å². The third-order valence-electron chi connectivity index (χ3n) is 7.83. The van der Waals surface area contributed by atoms with Crippen LogP contribution in [0.1, 0.15) is 206 Å². The maximum atomic E-state index is 10.8. The third-order valence-corrected chi connectivity index (χ3v) is 7.83. The predicted octanol–water partition coefficient (Wildman–Crippen LogP) is 12.9. The first kappa shape index (κ1) is 35.4. The topological polar surface area (TPSA) is 17.1 Å². The Balaban J connectivity index is 3.04. The smallest absolute Gasteiger partial charge is 0.152 e. The first-order chi connectivity index (χ1) is 17.8. The van der Waals surface area contributed by atoms with Crippen molar-refractivity contribution < 1.29 is 4.79 Å². The van der Waals surface area contributed by atoms with Gasteiger partial charge in [0.05, 0.1) is 0 Å².